The molecular formula is C12H18N4S. The molecule has 0 amide bonds. The summed E-state index contributed by atoms with van der Waals surface area (Å²) in [6.07, 6.45) is 13.0. The van der Waals surface area contributed by atoms with E-state index < -0.39 is 11.3 Å². The van der Waals surface area contributed by atoms with Crippen molar-refractivity contribution in [3.8, 4) is 0 Å². The Balaban J connectivity index is 1.97. The lowest BCUT2D eigenvalue weighted by atomic mass is 10.0. The number of rotatable bonds is 2. The van der Waals surface area contributed by atoms with Gasteiger partial charge in [0.15, 0.2) is 0 Å². The first-order valence-electron chi connectivity index (χ1n) is 5.49. The highest BCUT2D eigenvalue weighted by atomic mass is 32.2. The van der Waals surface area contributed by atoms with Gasteiger partial charge in [0.05, 0.1) is 11.3 Å². The molecule has 0 aromatic heterocycles. The van der Waals surface area contributed by atoms with Crippen molar-refractivity contribution < 1.29 is 0 Å². The molecule has 4 nitrogen and oxygen atoms in total. The van der Waals surface area contributed by atoms with Crippen LogP contribution in [0.15, 0.2) is 46.3 Å². The second-order valence-corrected chi connectivity index (χ2v) is 5.76. The Bertz CT molecular complexity index is 390. The average molecular weight is 250 g/mol. The smallest absolute Gasteiger partial charge is 0.0867 e. The van der Waals surface area contributed by atoms with E-state index in [-0.39, 0.29) is 0 Å². The fraction of sp³-hybridized carbons (Fsp3) is 0.333. The predicted octanol–water partition coefficient (Wildman–Crippen LogP) is 0.635. The van der Waals surface area contributed by atoms with Crippen LogP contribution >= 0.6 is 11.8 Å². The quantitative estimate of drug-likeness (QED) is 0.538. The summed E-state index contributed by atoms with van der Waals surface area (Å²) < 4.78 is 0. The Kier molecular flexibility index (Phi) is 3.29. The molecule has 0 saturated carbocycles. The van der Waals surface area contributed by atoms with Gasteiger partial charge < -0.3 is 22.9 Å². The SMILES string of the molecule is NC1(N)C=CC(SC2=CCC(N)(N)C=C2)=CC1. The fourth-order valence-corrected chi connectivity index (χ4v) is 2.47. The summed E-state index contributed by atoms with van der Waals surface area (Å²) in [5.74, 6) is 0. The number of hydrogen-bond acceptors (Lipinski definition) is 5. The molecule has 0 unspecified atom stereocenters. The van der Waals surface area contributed by atoms with E-state index in [2.05, 4.69) is 0 Å². The van der Waals surface area contributed by atoms with Crippen LogP contribution in [0.4, 0.5) is 0 Å². The molecule has 17 heavy (non-hydrogen) atoms. The van der Waals surface area contributed by atoms with Crippen LogP contribution in [0.1, 0.15) is 12.8 Å². The van der Waals surface area contributed by atoms with Crippen LogP contribution in [-0.4, -0.2) is 11.3 Å². The van der Waals surface area contributed by atoms with E-state index in [1.807, 2.05) is 36.5 Å². The summed E-state index contributed by atoms with van der Waals surface area (Å²) in [6.45, 7) is 0. The predicted molar refractivity (Wildman–Crippen MR) is 73.5 cm³/mol. The zero-order chi connectivity index (χ0) is 12.5. The van der Waals surface area contributed by atoms with Crippen molar-refractivity contribution in [3.63, 3.8) is 0 Å². The minimum absolute atomic E-state index is 0.653. The van der Waals surface area contributed by atoms with E-state index in [1.54, 1.807) is 11.8 Å². The second kappa shape index (κ2) is 4.44. The summed E-state index contributed by atoms with van der Waals surface area (Å²) in [6, 6.07) is 0. The van der Waals surface area contributed by atoms with Gasteiger partial charge in [-0.05, 0) is 24.3 Å². The number of allylic oxidation sites excluding steroid dienone is 2. The fourth-order valence-electron chi connectivity index (χ4n) is 1.59. The van der Waals surface area contributed by atoms with Crippen LogP contribution in [0, 0.1) is 0 Å². The largest absolute Gasteiger partial charge is 0.310 e. The van der Waals surface area contributed by atoms with Crippen molar-refractivity contribution in [2.45, 2.75) is 24.2 Å². The molecule has 0 saturated heterocycles. The van der Waals surface area contributed by atoms with E-state index in [0.717, 1.165) is 9.81 Å². The highest BCUT2D eigenvalue weighted by molar-refractivity contribution is 8.07. The van der Waals surface area contributed by atoms with E-state index in [9.17, 15) is 0 Å². The number of hydrogen-bond donors (Lipinski definition) is 4. The molecule has 0 aromatic rings. The van der Waals surface area contributed by atoms with Crippen molar-refractivity contribution >= 4 is 11.8 Å². The molecule has 0 atom stereocenters. The van der Waals surface area contributed by atoms with Crippen molar-refractivity contribution in [1.29, 1.82) is 0 Å². The minimum Gasteiger partial charge on any atom is -0.310 e. The average Bonchev–Trinajstić information content (AvgIpc) is 2.24. The highest BCUT2D eigenvalue weighted by Crippen LogP contribution is 2.33. The van der Waals surface area contributed by atoms with Gasteiger partial charge in [-0.2, -0.15) is 0 Å². The molecule has 0 spiro atoms. The van der Waals surface area contributed by atoms with Crippen molar-refractivity contribution in [2.75, 3.05) is 0 Å². The maximum atomic E-state index is 5.78. The molecule has 0 heterocycles. The van der Waals surface area contributed by atoms with Gasteiger partial charge in [-0.3, -0.25) is 0 Å². The third-order valence-corrected chi connectivity index (χ3v) is 3.74. The van der Waals surface area contributed by atoms with Gasteiger partial charge in [0.2, 0.25) is 0 Å². The first kappa shape index (κ1) is 12.6. The lowest BCUT2D eigenvalue weighted by Crippen LogP contribution is -2.47. The summed E-state index contributed by atoms with van der Waals surface area (Å²) in [5, 5.41) is 0. The molecule has 0 aliphatic heterocycles. The van der Waals surface area contributed by atoms with Gasteiger partial charge in [-0.1, -0.05) is 23.9 Å². The molecule has 2 rings (SSSR count). The number of thioether (sulfide) groups is 1. The van der Waals surface area contributed by atoms with E-state index in [1.165, 1.54) is 0 Å². The van der Waals surface area contributed by atoms with E-state index in [4.69, 9.17) is 22.9 Å². The molecule has 2 aliphatic carbocycles. The van der Waals surface area contributed by atoms with Gasteiger partial charge in [0.25, 0.3) is 0 Å². The monoisotopic (exact) mass is 250 g/mol. The third-order valence-electron chi connectivity index (χ3n) is 2.67. The number of nitrogens with two attached hydrogens (primary N) is 4. The zero-order valence-electron chi connectivity index (χ0n) is 9.60. The maximum absolute atomic E-state index is 5.78. The lowest BCUT2D eigenvalue weighted by molar-refractivity contribution is 0.556. The van der Waals surface area contributed by atoms with Crippen LogP contribution in [0.3, 0.4) is 0 Å². The first-order valence-corrected chi connectivity index (χ1v) is 6.30. The van der Waals surface area contributed by atoms with Crippen LogP contribution < -0.4 is 22.9 Å². The van der Waals surface area contributed by atoms with E-state index in [0.29, 0.717) is 12.8 Å². The maximum Gasteiger partial charge on any atom is 0.0867 e. The molecule has 0 aromatic carbocycles. The van der Waals surface area contributed by atoms with Gasteiger partial charge in [-0.25, -0.2) is 0 Å². The molecule has 0 fully saturated rings. The molecule has 0 bridgehead atoms. The Labute approximate surface area is 105 Å². The van der Waals surface area contributed by atoms with Crippen molar-refractivity contribution in [2.24, 2.45) is 22.9 Å². The second-order valence-electron chi connectivity index (χ2n) is 4.61. The molecular weight excluding hydrogens is 232 g/mol. The topological polar surface area (TPSA) is 104 Å². The third kappa shape index (κ3) is 3.55. The van der Waals surface area contributed by atoms with Crippen molar-refractivity contribution in [1.82, 2.24) is 0 Å². The van der Waals surface area contributed by atoms with Gasteiger partial charge in [-0.15, -0.1) is 0 Å². The van der Waals surface area contributed by atoms with Gasteiger partial charge >= 0.3 is 0 Å². The zero-order valence-corrected chi connectivity index (χ0v) is 10.4. The van der Waals surface area contributed by atoms with Crippen molar-refractivity contribution in [3.05, 3.63) is 46.3 Å². The normalized spacial score (nSPS) is 25.4. The van der Waals surface area contributed by atoms with E-state index >= 15 is 0 Å². The Morgan fingerprint density at radius 2 is 1.24 bits per heavy atom. The molecule has 92 valence electrons. The van der Waals surface area contributed by atoms with Crippen LogP contribution in [0.25, 0.3) is 0 Å². The highest BCUT2D eigenvalue weighted by Gasteiger charge is 2.20. The summed E-state index contributed by atoms with van der Waals surface area (Å²) in [7, 11) is 0. The van der Waals surface area contributed by atoms with Gasteiger partial charge in [0.1, 0.15) is 0 Å². The molecule has 2 aliphatic rings. The summed E-state index contributed by atoms with van der Waals surface area (Å²) >= 11 is 1.67. The lowest BCUT2D eigenvalue weighted by Gasteiger charge is -2.24. The Morgan fingerprint density at radius 3 is 1.53 bits per heavy atom. The van der Waals surface area contributed by atoms with Crippen LogP contribution in [-0.2, 0) is 0 Å². The standard InChI is InChI=1S/C12H18N4S/c13-11(14)5-1-9(2-6-11)17-10-3-7-12(15,16)8-4-10/h1-5,7H,6,8,13-16H2. The molecule has 5 heteroatoms. The molecule has 8 N–H and O–H groups in total. The Hall–Kier alpha value is -0.850. The van der Waals surface area contributed by atoms with Crippen LogP contribution in [0.5, 0.6) is 0 Å². The first-order chi connectivity index (χ1) is 7.86. The molecule has 0 radical (unpaired) electrons. The summed E-state index contributed by atoms with van der Waals surface area (Å²) in [5.41, 5.74) is 21.7. The Morgan fingerprint density at radius 1 is 0.824 bits per heavy atom. The minimum atomic E-state index is -0.704. The van der Waals surface area contributed by atoms with Gasteiger partial charge in [0, 0.05) is 22.7 Å². The van der Waals surface area contributed by atoms with Crippen LogP contribution in [0.2, 0.25) is 0 Å². The summed E-state index contributed by atoms with van der Waals surface area (Å²) in [4.78, 5) is 2.29.